The molecule has 2 atom stereocenters. The lowest BCUT2D eigenvalue weighted by molar-refractivity contribution is -0.119. The Kier molecular flexibility index (Phi) is 4.33. The Hall–Kier alpha value is -2.70. The average molecular weight is 332 g/mol. The maximum atomic E-state index is 13.1. The first-order valence-corrected chi connectivity index (χ1v) is 7.68. The van der Waals surface area contributed by atoms with E-state index in [4.69, 9.17) is 0 Å². The zero-order valence-electron chi connectivity index (χ0n) is 13.2. The molecule has 2 aliphatic heterocycles. The number of hydrazone groups is 1. The van der Waals surface area contributed by atoms with E-state index in [9.17, 15) is 13.6 Å². The van der Waals surface area contributed by atoms with Crippen LogP contribution in [0.15, 0.2) is 53.4 Å². The number of anilines is 1. The molecule has 24 heavy (non-hydrogen) atoms. The number of aryl methyl sites for hydroxylation is 1. The standard InChI is InChI=1S/C17H18F2N4O/c1-3-11-5-4-6-12(8-11)22-17(24)13-9-20-23-14(15(18)19)7-10(2)21-16(13)23/h4-9,13,15-16,21H,2-3H2,1H3,(H,22,24). The number of allylic oxidation sites excluding steroid dienone is 2. The van der Waals surface area contributed by atoms with Crippen LogP contribution < -0.4 is 10.6 Å². The van der Waals surface area contributed by atoms with Crippen LogP contribution in [0.5, 0.6) is 0 Å². The van der Waals surface area contributed by atoms with Crippen LogP contribution in [0, 0.1) is 5.92 Å². The van der Waals surface area contributed by atoms with E-state index in [0.29, 0.717) is 11.4 Å². The van der Waals surface area contributed by atoms with Crippen molar-refractivity contribution in [2.75, 3.05) is 5.32 Å². The van der Waals surface area contributed by atoms with Gasteiger partial charge in [0.15, 0.2) is 0 Å². The van der Waals surface area contributed by atoms with Gasteiger partial charge in [-0.05, 0) is 30.2 Å². The molecule has 3 rings (SSSR count). The smallest absolute Gasteiger partial charge is 0.280 e. The highest BCUT2D eigenvalue weighted by molar-refractivity contribution is 6.03. The van der Waals surface area contributed by atoms with E-state index < -0.39 is 18.5 Å². The first kappa shape index (κ1) is 16.2. The normalized spacial score (nSPS) is 22.2. The minimum atomic E-state index is -2.69. The number of benzene rings is 1. The van der Waals surface area contributed by atoms with Gasteiger partial charge in [-0.15, -0.1) is 0 Å². The summed E-state index contributed by atoms with van der Waals surface area (Å²) in [4.78, 5) is 12.5. The van der Waals surface area contributed by atoms with E-state index >= 15 is 0 Å². The quantitative estimate of drug-likeness (QED) is 0.891. The molecule has 0 fully saturated rings. The number of nitrogens with one attached hydrogen (secondary N) is 2. The van der Waals surface area contributed by atoms with Crippen LogP contribution in [0.3, 0.4) is 0 Å². The Bertz CT molecular complexity index is 729. The van der Waals surface area contributed by atoms with Gasteiger partial charge in [0.2, 0.25) is 5.91 Å². The predicted octanol–water partition coefficient (Wildman–Crippen LogP) is 2.70. The van der Waals surface area contributed by atoms with Gasteiger partial charge in [-0.2, -0.15) is 5.10 Å². The molecule has 1 aromatic carbocycles. The van der Waals surface area contributed by atoms with Crippen LogP contribution in [0.2, 0.25) is 0 Å². The van der Waals surface area contributed by atoms with Crippen molar-refractivity contribution in [3.8, 4) is 0 Å². The van der Waals surface area contributed by atoms with Gasteiger partial charge in [0.1, 0.15) is 17.8 Å². The zero-order chi connectivity index (χ0) is 17.3. The molecular formula is C17H18F2N4O. The van der Waals surface area contributed by atoms with Crippen molar-refractivity contribution in [1.29, 1.82) is 0 Å². The summed E-state index contributed by atoms with van der Waals surface area (Å²) < 4.78 is 26.3. The molecule has 0 bridgehead atoms. The van der Waals surface area contributed by atoms with Crippen LogP contribution >= 0.6 is 0 Å². The van der Waals surface area contributed by atoms with E-state index in [2.05, 4.69) is 22.3 Å². The first-order valence-electron chi connectivity index (χ1n) is 7.68. The number of halogens is 2. The van der Waals surface area contributed by atoms with Crippen molar-refractivity contribution in [1.82, 2.24) is 10.3 Å². The summed E-state index contributed by atoms with van der Waals surface area (Å²) in [5.74, 6) is -1.01. The van der Waals surface area contributed by atoms with Gasteiger partial charge in [-0.25, -0.2) is 13.8 Å². The molecule has 0 spiro atoms. The fourth-order valence-corrected chi connectivity index (χ4v) is 2.77. The van der Waals surface area contributed by atoms with Crippen molar-refractivity contribution in [3.63, 3.8) is 0 Å². The Morgan fingerprint density at radius 3 is 3.00 bits per heavy atom. The molecule has 1 amide bonds. The molecule has 0 radical (unpaired) electrons. The number of nitrogens with zero attached hydrogens (tertiary/aromatic N) is 2. The van der Waals surface area contributed by atoms with E-state index in [-0.39, 0.29) is 11.6 Å². The van der Waals surface area contributed by atoms with Gasteiger partial charge in [0, 0.05) is 17.6 Å². The lowest BCUT2D eigenvalue weighted by atomic mass is 10.0. The first-order chi connectivity index (χ1) is 11.5. The summed E-state index contributed by atoms with van der Waals surface area (Å²) in [5, 5.41) is 10.9. The highest BCUT2D eigenvalue weighted by Crippen LogP contribution is 2.30. The lowest BCUT2D eigenvalue weighted by Gasteiger charge is -2.34. The summed E-state index contributed by atoms with van der Waals surface area (Å²) in [6, 6.07) is 7.51. The highest BCUT2D eigenvalue weighted by atomic mass is 19.3. The van der Waals surface area contributed by atoms with Gasteiger partial charge in [-0.3, -0.25) is 4.79 Å². The summed E-state index contributed by atoms with van der Waals surface area (Å²) in [5.41, 5.74) is 1.85. The van der Waals surface area contributed by atoms with Crippen LogP contribution in [0.4, 0.5) is 14.5 Å². The number of carbonyl (C=O) groups excluding carboxylic acids is 1. The molecule has 0 saturated carbocycles. The second-order valence-corrected chi connectivity index (χ2v) is 5.66. The molecule has 0 aromatic heterocycles. The molecule has 5 nitrogen and oxygen atoms in total. The molecule has 126 valence electrons. The number of alkyl halides is 2. The third kappa shape index (κ3) is 3.02. The van der Waals surface area contributed by atoms with E-state index in [1.165, 1.54) is 12.3 Å². The monoisotopic (exact) mass is 332 g/mol. The fraction of sp³-hybridized carbons (Fsp3) is 0.294. The van der Waals surface area contributed by atoms with Gasteiger partial charge >= 0.3 is 0 Å². The SMILES string of the molecule is C=C1C=C(C(F)F)N2N=CC(C(=O)Nc3cccc(CC)c3)C2N1. The number of hydrogen-bond donors (Lipinski definition) is 2. The second kappa shape index (κ2) is 6.43. The molecule has 2 unspecified atom stereocenters. The minimum Gasteiger partial charge on any atom is -0.363 e. The highest BCUT2D eigenvalue weighted by Gasteiger charge is 2.41. The molecule has 2 heterocycles. The summed E-state index contributed by atoms with van der Waals surface area (Å²) in [6.07, 6.45) is 0.0941. The molecule has 2 N–H and O–H groups in total. The Balaban J connectivity index is 1.76. The van der Waals surface area contributed by atoms with Crippen molar-refractivity contribution in [3.05, 3.63) is 53.9 Å². The summed E-state index contributed by atoms with van der Waals surface area (Å²) in [6.45, 7) is 5.70. The second-order valence-electron chi connectivity index (χ2n) is 5.66. The average Bonchev–Trinajstić information content (AvgIpc) is 2.97. The van der Waals surface area contributed by atoms with Crippen LogP contribution in [-0.2, 0) is 11.2 Å². The van der Waals surface area contributed by atoms with Crippen molar-refractivity contribution >= 4 is 17.8 Å². The molecular weight excluding hydrogens is 314 g/mol. The van der Waals surface area contributed by atoms with Crippen molar-refractivity contribution in [2.24, 2.45) is 11.0 Å². The van der Waals surface area contributed by atoms with E-state index in [1.807, 2.05) is 25.1 Å². The molecule has 0 saturated heterocycles. The topological polar surface area (TPSA) is 56.7 Å². The van der Waals surface area contributed by atoms with Gasteiger partial charge in [0.25, 0.3) is 6.43 Å². The predicted molar refractivity (Wildman–Crippen MR) is 88.4 cm³/mol. The number of rotatable bonds is 4. The Morgan fingerprint density at radius 1 is 1.50 bits per heavy atom. The maximum Gasteiger partial charge on any atom is 0.280 e. The van der Waals surface area contributed by atoms with E-state index in [1.54, 1.807) is 6.07 Å². The van der Waals surface area contributed by atoms with Crippen molar-refractivity contribution in [2.45, 2.75) is 25.9 Å². The molecule has 1 aromatic rings. The number of carbonyl (C=O) groups is 1. The number of hydrogen-bond acceptors (Lipinski definition) is 4. The maximum absolute atomic E-state index is 13.1. The van der Waals surface area contributed by atoms with Gasteiger partial charge in [0.05, 0.1) is 0 Å². The summed E-state index contributed by atoms with van der Waals surface area (Å²) in [7, 11) is 0. The zero-order valence-corrected chi connectivity index (χ0v) is 13.2. The van der Waals surface area contributed by atoms with E-state index in [0.717, 1.165) is 17.0 Å². The van der Waals surface area contributed by atoms with Crippen LogP contribution in [-0.4, -0.2) is 29.7 Å². The van der Waals surface area contributed by atoms with Gasteiger partial charge in [-0.1, -0.05) is 25.6 Å². The third-order valence-corrected chi connectivity index (χ3v) is 4.00. The fourth-order valence-electron chi connectivity index (χ4n) is 2.77. The Morgan fingerprint density at radius 2 is 2.29 bits per heavy atom. The van der Waals surface area contributed by atoms with Gasteiger partial charge < -0.3 is 10.6 Å². The molecule has 0 aliphatic carbocycles. The largest absolute Gasteiger partial charge is 0.363 e. The number of fused-ring (bicyclic) bond motifs is 1. The van der Waals surface area contributed by atoms with Crippen molar-refractivity contribution < 1.29 is 13.6 Å². The Labute approximate surface area is 138 Å². The molecule has 7 heteroatoms. The molecule has 2 aliphatic rings. The third-order valence-electron chi connectivity index (χ3n) is 4.00. The van der Waals surface area contributed by atoms with Crippen LogP contribution in [0.25, 0.3) is 0 Å². The lowest BCUT2D eigenvalue weighted by Crippen LogP contribution is -2.50. The summed E-state index contributed by atoms with van der Waals surface area (Å²) >= 11 is 0. The number of amides is 1. The van der Waals surface area contributed by atoms with Crippen LogP contribution in [0.1, 0.15) is 12.5 Å². The minimum absolute atomic E-state index is 0.261.